The van der Waals surface area contributed by atoms with Crippen LogP contribution in [-0.4, -0.2) is 72.3 Å². The molecule has 3 aliphatic rings. The van der Waals surface area contributed by atoms with Gasteiger partial charge in [0.2, 0.25) is 5.78 Å². The topological polar surface area (TPSA) is 200 Å². The number of hydrogen-bond donors (Lipinski definition) is 7. The normalized spacial score (nSPS) is 33.0. The third-order valence-corrected chi connectivity index (χ3v) is 7.81. The third kappa shape index (κ3) is 3.65. The van der Waals surface area contributed by atoms with Crippen molar-refractivity contribution in [3.8, 4) is 17.2 Å². The van der Waals surface area contributed by atoms with Crippen LogP contribution in [0.4, 0.5) is 0 Å². The number of aromatic hydroxyl groups is 3. The number of fused-ring (bicyclic) bond motifs is 3. The summed E-state index contributed by atoms with van der Waals surface area (Å²) in [6.07, 6.45) is -5.69. The van der Waals surface area contributed by atoms with Gasteiger partial charge < -0.3 is 45.8 Å². The number of phenolic OH excluding ortho intramolecular Hbond substituents is 3. The maximum Gasteiger partial charge on any atom is 0.202 e. The molecular weight excluding hydrogens is 486 g/mol. The minimum Gasteiger partial charge on any atom is -0.507 e. The second-order valence-corrected chi connectivity index (χ2v) is 9.98. The molecule has 0 radical (unpaired) electrons. The number of aliphatic hydroxyl groups is 3. The predicted octanol–water partition coefficient (Wildman–Crippen LogP) is 1.04. The lowest BCUT2D eigenvalue weighted by Crippen LogP contribution is -2.52. The molecule has 0 bridgehead atoms. The molecule has 7 atom stereocenters. The van der Waals surface area contributed by atoms with Crippen molar-refractivity contribution in [1.29, 1.82) is 0 Å². The molecule has 1 heterocycles. The summed E-state index contributed by atoms with van der Waals surface area (Å²) in [5, 5.41) is 65.4. The number of rotatable bonds is 3. The molecule has 0 saturated carbocycles. The van der Waals surface area contributed by atoms with Gasteiger partial charge in [-0.3, -0.25) is 9.59 Å². The SMILES string of the molecule is CC[C@@]1(O)C[C@H](O[C@H]2C[C@H](N)[C@H](O)[C@H](C)O2)c2c(O)c3c(c(O)c2C1O)C(=O)c1cccc(O)c1C3=O. The molecule has 198 valence electrons. The lowest BCUT2D eigenvalue weighted by molar-refractivity contribution is -0.252. The zero-order valence-electron chi connectivity index (χ0n) is 20.2. The first-order valence-electron chi connectivity index (χ1n) is 12.1. The number of carbonyl (C=O) groups is 2. The van der Waals surface area contributed by atoms with Gasteiger partial charge in [0.25, 0.3) is 0 Å². The maximum absolute atomic E-state index is 13.4. The van der Waals surface area contributed by atoms with Crippen LogP contribution in [0.3, 0.4) is 0 Å². The molecule has 1 aliphatic heterocycles. The lowest BCUT2D eigenvalue weighted by Gasteiger charge is -2.44. The van der Waals surface area contributed by atoms with E-state index >= 15 is 0 Å². The minimum absolute atomic E-state index is 0.0223. The highest BCUT2D eigenvalue weighted by Crippen LogP contribution is 2.56. The van der Waals surface area contributed by atoms with Crippen molar-refractivity contribution in [2.24, 2.45) is 5.73 Å². The fraction of sp³-hybridized carbons (Fsp3) is 0.462. The van der Waals surface area contributed by atoms with Crippen LogP contribution in [0.1, 0.15) is 88.3 Å². The summed E-state index contributed by atoms with van der Waals surface area (Å²) in [6.45, 7) is 3.22. The van der Waals surface area contributed by atoms with Gasteiger partial charge in [-0.05, 0) is 19.4 Å². The molecule has 1 fully saturated rings. The van der Waals surface area contributed by atoms with Crippen molar-refractivity contribution in [3.05, 3.63) is 51.6 Å². The second kappa shape index (κ2) is 8.76. The van der Waals surface area contributed by atoms with Gasteiger partial charge in [0, 0.05) is 35.6 Å². The summed E-state index contributed by atoms with van der Waals surface area (Å²) in [5.41, 5.74) is 2.09. The molecule has 0 amide bonds. The van der Waals surface area contributed by atoms with Crippen LogP contribution in [0.15, 0.2) is 18.2 Å². The van der Waals surface area contributed by atoms with Gasteiger partial charge in [-0.25, -0.2) is 0 Å². The Morgan fingerprint density at radius 2 is 1.70 bits per heavy atom. The van der Waals surface area contributed by atoms with Gasteiger partial charge in [-0.2, -0.15) is 0 Å². The van der Waals surface area contributed by atoms with Crippen molar-refractivity contribution in [3.63, 3.8) is 0 Å². The van der Waals surface area contributed by atoms with Crippen molar-refractivity contribution in [2.75, 3.05) is 0 Å². The Morgan fingerprint density at radius 1 is 1.05 bits per heavy atom. The van der Waals surface area contributed by atoms with Crippen molar-refractivity contribution < 1.29 is 49.7 Å². The summed E-state index contributed by atoms with van der Waals surface area (Å²) < 4.78 is 11.8. The zero-order chi connectivity index (χ0) is 27.0. The van der Waals surface area contributed by atoms with Crippen molar-refractivity contribution in [2.45, 2.75) is 75.5 Å². The highest BCUT2D eigenvalue weighted by atomic mass is 16.7. The maximum atomic E-state index is 13.4. The number of carbonyl (C=O) groups excluding carboxylic acids is 2. The quantitative estimate of drug-likeness (QED) is 0.246. The number of phenols is 3. The van der Waals surface area contributed by atoms with E-state index in [0.717, 1.165) is 0 Å². The molecule has 1 unspecified atom stereocenters. The summed E-state index contributed by atoms with van der Waals surface area (Å²) in [4.78, 5) is 26.7. The van der Waals surface area contributed by atoms with Gasteiger partial charge in [0.15, 0.2) is 12.1 Å². The van der Waals surface area contributed by atoms with Crippen molar-refractivity contribution >= 4 is 11.6 Å². The fourth-order valence-electron chi connectivity index (χ4n) is 5.65. The molecule has 1 saturated heterocycles. The number of ketones is 2. The number of ether oxygens (including phenoxy) is 2. The molecule has 5 rings (SSSR count). The van der Waals surface area contributed by atoms with Crippen LogP contribution >= 0.6 is 0 Å². The van der Waals surface area contributed by atoms with E-state index in [4.69, 9.17) is 15.2 Å². The highest BCUT2D eigenvalue weighted by molar-refractivity contribution is 6.31. The Hall–Kier alpha value is -3.06. The number of nitrogens with two attached hydrogens (primary N) is 1. The molecule has 11 nitrogen and oxygen atoms in total. The molecule has 8 N–H and O–H groups in total. The van der Waals surface area contributed by atoms with Crippen molar-refractivity contribution in [1.82, 2.24) is 0 Å². The summed E-state index contributed by atoms with van der Waals surface area (Å²) in [6, 6.07) is 3.20. The average Bonchev–Trinajstić information content (AvgIpc) is 2.85. The van der Waals surface area contributed by atoms with E-state index in [1.54, 1.807) is 13.8 Å². The van der Waals surface area contributed by atoms with Gasteiger partial charge in [0.05, 0.1) is 40.6 Å². The summed E-state index contributed by atoms with van der Waals surface area (Å²) in [7, 11) is 0. The first-order valence-corrected chi connectivity index (χ1v) is 12.1. The molecule has 2 aliphatic carbocycles. The van der Waals surface area contributed by atoms with E-state index < -0.39 is 82.3 Å². The van der Waals surface area contributed by atoms with Crippen LogP contribution < -0.4 is 5.73 Å². The zero-order valence-corrected chi connectivity index (χ0v) is 20.2. The summed E-state index contributed by atoms with van der Waals surface area (Å²) >= 11 is 0. The largest absolute Gasteiger partial charge is 0.507 e. The van der Waals surface area contributed by atoms with Crippen LogP contribution in [-0.2, 0) is 9.47 Å². The molecule has 2 aromatic rings. The number of benzene rings is 2. The molecule has 37 heavy (non-hydrogen) atoms. The van der Waals surface area contributed by atoms with Crippen LogP contribution in [0.2, 0.25) is 0 Å². The Bertz CT molecular complexity index is 1300. The van der Waals surface area contributed by atoms with E-state index in [9.17, 15) is 40.2 Å². The molecule has 0 spiro atoms. The second-order valence-electron chi connectivity index (χ2n) is 9.98. The van der Waals surface area contributed by atoms with Crippen LogP contribution in [0.5, 0.6) is 17.2 Å². The summed E-state index contributed by atoms with van der Waals surface area (Å²) in [5.74, 6) is -3.69. The van der Waals surface area contributed by atoms with E-state index in [-0.39, 0.29) is 41.5 Å². The molecular formula is C26H29NO10. The van der Waals surface area contributed by atoms with Gasteiger partial charge >= 0.3 is 0 Å². The third-order valence-electron chi connectivity index (χ3n) is 7.81. The smallest absolute Gasteiger partial charge is 0.202 e. The molecule has 11 heteroatoms. The fourth-order valence-corrected chi connectivity index (χ4v) is 5.65. The first-order chi connectivity index (χ1) is 17.4. The highest BCUT2D eigenvalue weighted by Gasteiger charge is 2.51. The van der Waals surface area contributed by atoms with Gasteiger partial charge in [-0.1, -0.05) is 19.1 Å². The Morgan fingerprint density at radius 3 is 2.35 bits per heavy atom. The number of hydrogen-bond acceptors (Lipinski definition) is 11. The minimum atomic E-state index is -1.82. The van der Waals surface area contributed by atoms with Gasteiger partial charge in [0.1, 0.15) is 23.4 Å². The Kier molecular flexibility index (Phi) is 6.06. The standard InChI is InChI=1S/C26H29NO10/c1-3-26(35)8-13(37-14-7-11(27)20(29)9(2)36-14)16-19(25(26)34)24(33)17-18(23(16)32)22(31)15-10(21(17)30)5-4-6-12(15)28/h4-6,9,11,13-14,20,25,28-29,32-35H,3,7-8,27H2,1-2H3/t9-,11-,13-,14-,20+,25?,26+/m0/s1. The van der Waals surface area contributed by atoms with E-state index in [2.05, 4.69) is 0 Å². The average molecular weight is 516 g/mol. The molecule has 0 aromatic heterocycles. The van der Waals surface area contributed by atoms with Gasteiger partial charge in [-0.15, -0.1) is 0 Å². The van der Waals surface area contributed by atoms with Crippen LogP contribution in [0, 0.1) is 0 Å². The molecule has 2 aromatic carbocycles. The van der Waals surface area contributed by atoms with Crippen LogP contribution in [0.25, 0.3) is 0 Å². The first kappa shape index (κ1) is 25.6. The monoisotopic (exact) mass is 515 g/mol. The Balaban J connectivity index is 1.69. The van der Waals surface area contributed by atoms with E-state index in [1.807, 2.05) is 0 Å². The Labute approximate surface area is 211 Å². The number of aliphatic hydroxyl groups excluding tert-OH is 2. The lowest BCUT2D eigenvalue weighted by atomic mass is 9.70. The predicted molar refractivity (Wildman–Crippen MR) is 126 cm³/mol. The van der Waals surface area contributed by atoms with E-state index in [0.29, 0.717) is 0 Å². The van der Waals surface area contributed by atoms with E-state index in [1.165, 1.54) is 18.2 Å².